The van der Waals surface area contributed by atoms with Crippen molar-refractivity contribution in [1.29, 1.82) is 0 Å². The van der Waals surface area contributed by atoms with Crippen LogP contribution in [0.25, 0.3) is 0 Å². The largest absolute Gasteiger partial charge is 0.352 e. The fourth-order valence-corrected chi connectivity index (χ4v) is 3.98. The first kappa shape index (κ1) is 11.5. The van der Waals surface area contributed by atoms with Gasteiger partial charge in [0.05, 0.1) is 0 Å². The van der Waals surface area contributed by atoms with Crippen LogP contribution in [0.2, 0.25) is 0 Å². The molecule has 0 saturated carbocycles. The number of hydrogen-bond acceptors (Lipinski definition) is 3. The molecule has 3 aliphatic rings. The van der Waals surface area contributed by atoms with Crippen molar-refractivity contribution >= 4 is 5.91 Å². The lowest BCUT2D eigenvalue weighted by molar-refractivity contribution is -0.119. The Morgan fingerprint density at radius 3 is 3.00 bits per heavy atom. The van der Waals surface area contributed by atoms with Crippen molar-refractivity contribution < 1.29 is 4.79 Å². The molecular formula is C13H23N3O. The quantitative estimate of drug-likeness (QED) is 0.737. The van der Waals surface area contributed by atoms with Gasteiger partial charge in [0.2, 0.25) is 5.91 Å². The minimum atomic E-state index is 0.240. The van der Waals surface area contributed by atoms with Gasteiger partial charge in [0.15, 0.2) is 0 Å². The summed E-state index contributed by atoms with van der Waals surface area (Å²) in [6.07, 6.45) is 2.99. The first-order chi connectivity index (χ1) is 8.28. The number of fused-ring (bicyclic) bond motifs is 1. The maximum Gasteiger partial charge on any atom is 0.220 e. The molecule has 4 unspecified atom stereocenters. The number of nitrogens with one attached hydrogen (secondary N) is 2. The zero-order valence-electron chi connectivity index (χ0n) is 10.6. The molecule has 4 heteroatoms. The van der Waals surface area contributed by atoms with Crippen LogP contribution in [0.1, 0.15) is 26.2 Å². The number of likely N-dealkylation sites (tertiary alicyclic amines) is 1. The van der Waals surface area contributed by atoms with Gasteiger partial charge in [0, 0.05) is 31.6 Å². The van der Waals surface area contributed by atoms with Gasteiger partial charge >= 0.3 is 0 Å². The summed E-state index contributed by atoms with van der Waals surface area (Å²) in [5.41, 5.74) is 0. The van der Waals surface area contributed by atoms with Crippen LogP contribution in [0.5, 0.6) is 0 Å². The van der Waals surface area contributed by atoms with Crippen LogP contribution in [0.4, 0.5) is 0 Å². The summed E-state index contributed by atoms with van der Waals surface area (Å²) in [5.74, 6) is 1.93. The van der Waals surface area contributed by atoms with Gasteiger partial charge in [-0.05, 0) is 37.8 Å². The Bertz CT molecular complexity index is 307. The van der Waals surface area contributed by atoms with E-state index in [1.807, 2.05) is 0 Å². The Balaban J connectivity index is 1.61. The van der Waals surface area contributed by atoms with Gasteiger partial charge in [0.1, 0.15) is 0 Å². The highest BCUT2D eigenvalue weighted by atomic mass is 16.1. The second-order valence-corrected chi connectivity index (χ2v) is 5.81. The highest BCUT2D eigenvalue weighted by Gasteiger charge is 2.43. The average Bonchev–Trinajstić information content (AvgIpc) is 2.95. The molecule has 3 heterocycles. The second kappa shape index (κ2) is 4.58. The molecule has 1 amide bonds. The SMILES string of the molecule is CCC1C2CNCC2CN1CC1CCC(=O)N1. The van der Waals surface area contributed by atoms with Gasteiger partial charge in [-0.1, -0.05) is 6.92 Å². The molecule has 0 bridgehead atoms. The molecule has 3 aliphatic heterocycles. The van der Waals surface area contributed by atoms with Crippen molar-refractivity contribution in [2.45, 2.75) is 38.3 Å². The summed E-state index contributed by atoms with van der Waals surface area (Å²) >= 11 is 0. The Morgan fingerprint density at radius 2 is 2.29 bits per heavy atom. The number of nitrogens with zero attached hydrogens (tertiary/aromatic N) is 1. The van der Waals surface area contributed by atoms with Crippen LogP contribution in [0.15, 0.2) is 0 Å². The summed E-state index contributed by atoms with van der Waals surface area (Å²) < 4.78 is 0. The van der Waals surface area contributed by atoms with Crippen molar-refractivity contribution in [3.8, 4) is 0 Å². The van der Waals surface area contributed by atoms with Crippen LogP contribution < -0.4 is 10.6 Å². The predicted octanol–water partition coefficient (Wildman–Crippen LogP) is 0.195. The van der Waals surface area contributed by atoms with E-state index in [0.717, 1.165) is 37.3 Å². The second-order valence-electron chi connectivity index (χ2n) is 5.81. The van der Waals surface area contributed by atoms with Crippen LogP contribution in [0.3, 0.4) is 0 Å². The van der Waals surface area contributed by atoms with Gasteiger partial charge in [-0.2, -0.15) is 0 Å². The lowest BCUT2D eigenvalue weighted by Crippen LogP contribution is -2.43. The molecule has 17 heavy (non-hydrogen) atoms. The van der Waals surface area contributed by atoms with Crippen molar-refractivity contribution in [1.82, 2.24) is 15.5 Å². The molecule has 3 rings (SSSR count). The Morgan fingerprint density at radius 1 is 1.41 bits per heavy atom. The molecule has 4 atom stereocenters. The van der Waals surface area contributed by atoms with Crippen molar-refractivity contribution in [3.63, 3.8) is 0 Å². The van der Waals surface area contributed by atoms with E-state index < -0.39 is 0 Å². The maximum absolute atomic E-state index is 11.2. The summed E-state index contributed by atoms with van der Waals surface area (Å²) in [4.78, 5) is 13.9. The van der Waals surface area contributed by atoms with E-state index in [1.54, 1.807) is 0 Å². The van der Waals surface area contributed by atoms with Gasteiger partial charge < -0.3 is 10.6 Å². The molecule has 3 fully saturated rings. The van der Waals surface area contributed by atoms with E-state index in [9.17, 15) is 4.79 Å². The summed E-state index contributed by atoms with van der Waals surface area (Å²) in [6.45, 7) is 6.97. The van der Waals surface area contributed by atoms with Crippen LogP contribution in [-0.2, 0) is 4.79 Å². The lowest BCUT2D eigenvalue weighted by Gasteiger charge is -2.29. The van der Waals surface area contributed by atoms with Crippen LogP contribution in [-0.4, -0.2) is 49.1 Å². The summed E-state index contributed by atoms with van der Waals surface area (Å²) in [7, 11) is 0. The van der Waals surface area contributed by atoms with Crippen molar-refractivity contribution in [3.05, 3.63) is 0 Å². The monoisotopic (exact) mass is 237 g/mol. The van der Waals surface area contributed by atoms with Crippen molar-refractivity contribution in [2.75, 3.05) is 26.2 Å². The standard InChI is InChI=1S/C13H23N3O/c1-2-12-11-6-14-5-9(11)7-16(12)8-10-3-4-13(17)15-10/h9-12,14H,2-8H2,1H3,(H,15,17). The van der Waals surface area contributed by atoms with Gasteiger partial charge in [-0.15, -0.1) is 0 Å². The molecule has 0 aromatic rings. The lowest BCUT2D eigenvalue weighted by atomic mass is 9.93. The number of hydrogen-bond donors (Lipinski definition) is 2. The average molecular weight is 237 g/mol. The number of carbonyl (C=O) groups is 1. The van der Waals surface area contributed by atoms with Crippen LogP contribution in [0, 0.1) is 11.8 Å². The Hall–Kier alpha value is -0.610. The third-order valence-corrected chi connectivity index (χ3v) is 4.78. The Labute approximate surface area is 103 Å². The van der Waals surface area contributed by atoms with Gasteiger partial charge in [-0.25, -0.2) is 0 Å². The molecule has 96 valence electrons. The molecule has 0 spiro atoms. The molecule has 4 nitrogen and oxygen atoms in total. The fraction of sp³-hybridized carbons (Fsp3) is 0.923. The minimum absolute atomic E-state index is 0.240. The highest BCUT2D eigenvalue weighted by molar-refractivity contribution is 5.78. The van der Waals surface area contributed by atoms with Crippen molar-refractivity contribution in [2.24, 2.45) is 11.8 Å². The first-order valence-electron chi connectivity index (χ1n) is 7.02. The predicted molar refractivity (Wildman–Crippen MR) is 66.7 cm³/mol. The third kappa shape index (κ3) is 2.08. The molecule has 0 radical (unpaired) electrons. The van der Waals surface area contributed by atoms with Gasteiger partial charge in [0.25, 0.3) is 0 Å². The smallest absolute Gasteiger partial charge is 0.220 e. The first-order valence-corrected chi connectivity index (χ1v) is 7.02. The molecule has 0 aromatic heterocycles. The molecule has 0 aliphatic carbocycles. The number of amides is 1. The van der Waals surface area contributed by atoms with Crippen LogP contribution >= 0.6 is 0 Å². The zero-order chi connectivity index (χ0) is 11.8. The zero-order valence-corrected chi connectivity index (χ0v) is 10.6. The third-order valence-electron chi connectivity index (χ3n) is 4.78. The van der Waals surface area contributed by atoms with E-state index in [1.165, 1.54) is 26.1 Å². The molecule has 0 aromatic carbocycles. The Kier molecular flexibility index (Phi) is 3.09. The van der Waals surface area contributed by atoms with E-state index >= 15 is 0 Å². The fourth-order valence-electron chi connectivity index (χ4n) is 3.98. The summed E-state index contributed by atoms with van der Waals surface area (Å²) in [6, 6.07) is 1.14. The van der Waals surface area contributed by atoms with E-state index in [-0.39, 0.29) is 5.91 Å². The summed E-state index contributed by atoms with van der Waals surface area (Å²) in [5, 5.41) is 6.61. The van der Waals surface area contributed by atoms with Gasteiger partial charge in [-0.3, -0.25) is 9.69 Å². The topological polar surface area (TPSA) is 44.4 Å². The van der Waals surface area contributed by atoms with E-state index in [4.69, 9.17) is 0 Å². The van der Waals surface area contributed by atoms with E-state index in [0.29, 0.717) is 6.04 Å². The minimum Gasteiger partial charge on any atom is -0.352 e. The maximum atomic E-state index is 11.2. The van der Waals surface area contributed by atoms with E-state index in [2.05, 4.69) is 22.5 Å². The number of carbonyl (C=O) groups excluding carboxylic acids is 1. The normalized spacial score (nSPS) is 41.8. The molecular weight excluding hydrogens is 214 g/mol. The number of rotatable bonds is 3. The highest BCUT2D eigenvalue weighted by Crippen LogP contribution is 2.34. The molecule has 2 N–H and O–H groups in total. The molecule has 3 saturated heterocycles.